The second-order valence-electron chi connectivity index (χ2n) is 6.44. The third-order valence-electron chi connectivity index (χ3n) is 4.55. The maximum absolute atomic E-state index is 12.2. The molecule has 7 nitrogen and oxygen atoms in total. The number of hydrogen-bond acceptors (Lipinski definition) is 4. The highest BCUT2D eigenvalue weighted by atomic mass is 16.4. The molecule has 1 aliphatic rings. The van der Waals surface area contributed by atoms with Gasteiger partial charge < -0.3 is 19.6 Å². The quantitative estimate of drug-likeness (QED) is 0.769. The standard InChI is InChI=1S/C17H22BN3O4/c1-11-19-13-4-2-3-5-14(13)21(11)9-8-16(22)20-15-7-6-12(25-18-15)10-17(23)24/h2-5,12,15,18H,6-10H2,1H3,(H,20,22)(H,23,24)/t12-,15-/m0/s1. The van der Waals surface area contributed by atoms with Crippen molar-refractivity contribution in [2.24, 2.45) is 0 Å². The minimum Gasteiger partial charge on any atom is -0.481 e. The Labute approximate surface area is 146 Å². The molecule has 2 atom stereocenters. The predicted molar refractivity (Wildman–Crippen MR) is 94.5 cm³/mol. The number of carboxylic acid groups (broad SMARTS) is 1. The van der Waals surface area contributed by atoms with Crippen LogP contribution < -0.4 is 5.32 Å². The zero-order chi connectivity index (χ0) is 17.8. The minimum atomic E-state index is -0.851. The Morgan fingerprint density at radius 3 is 2.92 bits per heavy atom. The zero-order valence-electron chi connectivity index (χ0n) is 14.3. The Hall–Kier alpha value is -2.35. The normalized spacial score (nSPS) is 20.2. The largest absolute Gasteiger partial charge is 0.481 e. The summed E-state index contributed by atoms with van der Waals surface area (Å²) in [5, 5.41) is 11.8. The van der Waals surface area contributed by atoms with Gasteiger partial charge in [0.25, 0.3) is 7.48 Å². The van der Waals surface area contributed by atoms with Gasteiger partial charge in [-0.15, -0.1) is 0 Å². The zero-order valence-corrected chi connectivity index (χ0v) is 14.3. The van der Waals surface area contributed by atoms with E-state index in [1.165, 1.54) is 0 Å². The summed E-state index contributed by atoms with van der Waals surface area (Å²) in [6, 6.07) is 7.88. The molecular weight excluding hydrogens is 321 g/mol. The van der Waals surface area contributed by atoms with E-state index < -0.39 is 5.97 Å². The molecule has 3 rings (SSSR count). The summed E-state index contributed by atoms with van der Waals surface area (Å²) < 4.78 is 7.57. The van der Waals surface area contributed by atoms with Gasteiger partial charge in [-0.25, -0.2) is 4.98 Å². The summed E-state index contributed by atoms with van der Waals surface area (Å²) >= 11 is 0. The second kappa shape index (κ2) is 7.69. The molecule has 0 bridgehead atoms. The fourth-order valence-electron chi connectivity index (χ4n) is 3.27. The van der Waals surface area contributed by atoms with Crippen LogP contribution in [-0.4, -0.2) is 46.1 Å². The summed E-state index contributed by atoms with van der Waals surface area (Å²) in [6.45, 7) is 2.52. The summed E-state index contributed by atoms with van der Waals surface area (Å²) in [5.74, 6) is -0.0254. The lowest BCUT2D eigenvalue weighted by atomic mass is 9.79. The van der Waals surface area contributed by atoms with Crippen molar-refractivity contribution < 1.29 is 19.3 Å². The summed E-state index contributed by atoms with van der Waals surface area (Å²) in [7, 11) is 0.372. The van der Waals surface area contributed by atoms with Gasteiger partial charge in [-0.1, -0.05) is 12.1 Å². The number of para-hydroxylation sites is 2. The number of aromatic nitrogens is 2. The van der Waals surface area contributed by atoms with E-state index in [9.17, 15) is 9.59 Å². The Kier molecular flexibility index (Phi) is 5.38. The van der Waals surface area contributed by atoms with Crippen molar-refractivity contribution in [3.8, 4) is 0 Å². The first-order chi connectivity index (χ1) is 12.0. The van der Waals surface area contributed by atoms with E-state index in [2.05, 4.69) is 14.9 Å². The van der Waals surface area contributed by atoms with Gasteiger partial charge in [-0.05, 0) is 31.9 Å². The lowest BCUT2D eigenvalue weighted by molar-refractivity contribution is -0.139. The van der Waals surface area contributed by atoms with Gasteiger partial charge in [-0.3, -0.25) is 9.59 Å². The minimum absolute atomic E-state index is 0.0215. The number of hydrogen-bond donors (Lipinski definition) is 2. The fourth-order valence-corrected chi connectivity index (χ4v) is 3.27. The van der Waals surface area contributed by atoms with Crippen molar-refractivity contribution in [3.63, 3.8) is 0 Å². The number of nitrogens with one attached hydrogen (secondary N) is 1. The summed E-state index contributed by atoms with van der Waals surface area (Å²) in [6.07, 6.45) is 1.55. The number of rotatable bonds is 6. The molecular formula is C17H22BN3O4. The van der Waals surface area contributed by atoms with Crippen molar-refractivity contribution in [1.29, 1.82) is 0 Å². The SMILES string of the molecule is Cc1nc2ccccc2n1CCC(=O)N[C@@H]1BO[C@H](CC(=O)O)CC1. The highest BCUT2D eigenvalue weighted by molar-refractivity contribution is 6.30. The number of fused-ring (bicyclic) bond motifs is 1. The molecule has 1 fully saturated rings. The Morgan fingerprint density at radius 2 is 2.20 bits per heavy atom. The Bertz CT molecular complexity index is 768. The van der Waals surface area contributed by atoms with E-state index >= 15 is 0 Å². The molecule has 2 heterocycles. The molecule has 0 radical (unpaired) electrons. The molecule has 1 aromatic heterocycles. The summed E-state index contributed by atoms with van der Waals surface area (Å²) in [5.41, 5.74) is 1.97. The first kappa shape index (κ1) is 17.5. The van der Waals surface area contributed by atoms with Crippen molar-refractivity contribution >= 4 is 30.4 Å². The predicted octanol–water partition coefficient (Wildman–Crippen LogP) is 1.18. The van der Waals surface area contributed by atoms with Crippen LogP contribution in [0.15, 0.2) is 24.3 Å². The third-order valence-corrected chi connectivity index (χ3v) is 4.55. The first-order valence-corrected chi connectivity index (χ1v) is 8.57. The maximum atomic E-state index is 12.2. The van der Waals surface area contributed by atoms with Crippen molar-refractivity contribution in [2.75, 3.05) is 0 Å². The van der Waals surface area contributed by atoms with Crippen LogP contribution in [0.2, 0.25) is 0 Å². The van der Waals surface area contributed by atoms with Crippen molar-refractivity contribution in [1.82, 2.24) is 14.9 Å². The number of carbonyl (C=O) groups excluding carboxylic acids is 1. The smallest absolute Gasteiger partial charge is 0.305 e. The highest BCUT2D eigenvalue weighted by Gasteiger charge is 2.25. The van der Waals surface area contributed by atoms with Crippen LogP contribution in [0, 0.1) is 6.92 Å². The number of imidazole rings is 1. The average molecular weight is 343 g/mol. The fraction of sp³-hybridized carbons (Fsp3) is 0.471. The molecule has 1 amide bonds. The molecule has 1 aliphatic heterocycles. The van der Waals surface area contributed by atoms with Gasteiger partial charge in [0.2, 0.25) is 5.91 Å². The Morgan fingerprint density at radius 1 is 1.40 bits per heavy atom. The number of aryl methyl sites for hydroxylation is 2. The Balaban J connectivity index is 1.49. The van der Waals surface area contributed by atoms with Crippen LogP contribution in [0.3, 0.4) is 0 Å². The second-order valence-corrected chi connectivity index (χ2v) is 6.44. The van der Waals surface area contributed by atoms with E-state index in [1.807, 2.05) is 31.2 Å². The van der Waals surface area contributed by atoms with Gasteiger partial charge >= 0.3 is 5.97 Å². The average Bonchev–Trinajstić information content (AvgIpc) is 2.89. The highest BCUT2D eigenvalue weighted by Crippen LogP contribution is 2.17. The number of benzene rings is 1. The molecule has 2 aromatic rings. The molecule has 0 aliphatic carbocycles. The number of carbonyl (C=O) groups is 2. The van der Waals surface area contributed by atoms with Crippen LogP contribution in [0.25, 0.3) is 11.0 Å². The van der Waals surface area contributed by atoms with Crippen LogP contribution in [0.4, 0.5) is 0 Å². The van der Waals surface area contributed by atoms with Gasteiger partial charge in [0, 0.05) is 18.9 Å². The van der Waals surface area contributed by atoms with Gasteiger partial charge in [0.1, 0.15) is 5.82 Å². The molecule has 8 heteroatoms. The molecule has 0 saturated carbocycles. The molecule has 1 saturated heterocycles. The number of aliphatic carboxylic acids is 1. The van der Waals surface area contributed by atoms with Crippen LogP contribution in [0.5, 0.6) is 0 Å². The van der Waals surface area contributed by atoms with Gasteiger partial charge in [-0.2, -0.15) is 0 Å². The molecule has 132 valence electrons. The molecule has 25 heavy (non-hydrogen) atoms. The summed E-state index contributed by atoms with van der Waals surface area (Å²) in [4.78, 5) is 27.4. The van der Waals surface area contributed by atoms with E-state index in [0.717, 1.165) is 23.3 Å². The topological polar surface area (TPSA) is 93.5 Å². The van der Waals surface area contributed by atoms with E-state index in [4.69, 9.17) is 9.76 Å². The van der Waals surface area contributed by atoms with Crippen LogP contribution in [0.1, 0.15) is 31.5 Å². The van der Waals surface area contributed by atoms with Crippen molar-refractivity contribution in [3.05, 3.63) is 30.1 Å². The van der Waals surface area contributed by atoms with Gasteiger partial charge in [0.05, 0.1) is 23.6 Å². The third kappa shape index (κ3) is 4.39. The number of nitrogens with zero attached hydrogens (tertiary/aromatic N) is 2. The van der Waals surface area contributed by atoms with E-state index in [0.29, 0.717) is 26.9 Å². The van der Waals surface area contributed by atoms with Crippen LogP contribution in [-0.2, 0) is 20.8 Å². The van der Waals surface area contributed by atoms with Crippen LogP contribution >= 0.6 is 0 Å². The van der Waals surface area contributed by atoms with Gasteiger partial charge in [0.15, 0.2) is 0 Å². The lowest BCUT2D eigenvalue weighted by Gasteiger charge is -2.28. The number of carboxylic acids is 1. The van der Waals surface area contributed by atoms with E-state index in [-0.39, 0.29) is 24.4 Å². The molecule has 1 aromatic carbocycles. The lowest BCUT2D eigenvalue weighted by Crippen LogP contribution is -2.45. The molecule has 2 N–H and O–H groups in total. The number of amides is 1. The monoisotopic (exact) mass is 343 g/mol. The maximum Gasteiger partial charge on any atom is 0.305 e. The molecule has 0 spiro atoms. The van der Waals surface area contributed by atoms with E-state index in [1.54, 1.807) is 0 Å². The van der Waals surface area contributed by atoms with Crippen molar-refractivity contribution in [2.45, 2.75) is 51.2 Å². The molecule has 0 unspecified atom stereocenters. The first-order valence-electron chi connectivity index (χ1n) is 8.57.